The average molecular weight is 241 g/mol. The Morgan fingerprint density at radius 2 is 2.00 bits per heavy atom. The molecule has 1 saturated heterocycles. The molecule has 3 N–H and O–H groups in total. The smallest absolute Gasteiger partial charge is 0.317 e. The van der Waals surface area contributed by atoms with E-state index < -0.39 is 0 Å². The van der Waals surface area contributed by atoms with Crippen molar-refractivity contribution in [2.45, 2.75) is 31.7 Å². The fourth-order valence-electron chi connectivity index (χ4n) is 2.59. The topological polar surface area (TPSA) is 67.6 Å². The second-order valence-electron chi connectivity index (χ2n) is 4.99. The van der Waals surface area contributed by atoms with Crippen molar-refractivity contribution in [2.75, 3.05) is 32.8 Å². The molecule has 0 spiro atoms. The first-order valence-electron chi connectivity index (χ1n) is 6.63. The average Bonchev–Trinajstić information content (AvgIpc) is 2.38. The Labute approximate surface area is 103 Å². The maximum absolute atomic E-state index is 11.9. The molecule has 1 saturated carbocycles. The Balaban J connectivity index is 1.71. The lowest BCUT2D eigenvalue weighted by Crippen LogP contribution is -2.49. The van der Waals surface area contributed by atoms with Crippen LogP contribution in [0.4, 0.5) is 4.79 Å². The molecule has 2 aliphatic rings. The second kappa shape index (κ2) is 6.21. The van der Waals surface area contributed by atoms with E-state index in [0.717, 1.165) is 19.4 Å². The van der Waals surface area contributed by atoms with Crippen molar-refractivity contribution in [1.82, 2.24) is 10.2 Å². The van der Waals surface area contributed by atoms with Crippen molar-refractivity contribution in [3.05, 3.63) is 0 Å². The molecular weight excluding hydrogens is 218 g/mol. The summed E-state index contributed by atoms with van der Waals surface area (Å²) in [6, 6.07) is 0.291. The van der Waals surface area contributed by atoms with Gasteiger partial charge in [-0.2, -0.15) is 0 Å². The summed E-state index contributed by atoms with van der Waals surface area (Å²) in [6.07, 6.45) is 4.71. The van der Waals surface area contributed by atoms with Crippen LogP contribution in [0.1, 0.15) is 25.7 Å². The van der Waals surface area contributed by atoms with Crippen molar-refractivity contribution >= 4 is 6.03 Å². The van der Waals surface area contributed by atoms with Gasteiger partial charge in [-0.05, 0) is 18.8 Å². The van der Waals surface area contributed by atoms with Gasteiger partial charge in [-0.25, -0.2) is 4.79 Å². The van der Waals surface area contributed by atoms with Gasteiger partial charge in [0.2, 0.25) is 0 Å². The van der Waals surface area contributed by atoms with E-state index in [1.807, 2.05) is 4.90 Å². The molecule has 98 valence electrons. The Morgan fingerprint density at radius 1 is 1.29 bits per heavy atom. The number of hydrogen-bond donors (Lipinski definition) is 2. The highest BCUT2D eigenvalue weighted by Crippen LogP contribution is 2.22. The zero-order valence-corrected chi connectivity index (χ0v) is 10.4. The van der Waals surface area contributed by atoms with E-state index in [1.54, 1.807) is 0 Å². The highest BCUT2D eigenvalue weighted by atomic mass is 16.5. The molecule has 0 aromatic carbocycles. The van der Waals surface area contributed by atoms with Gasteiger partial charge in [0, 0.05) is 25.7 Å². The minimum atomic E-state index is 0.0334. The molecule has 17 heavy (non-hydrogen) atoms. The number of hydrogen-bond acceptors (Lipinski definition) is 3. The normalized spacial score (nSPS) is 30.1. The van der Waals surface area contributed by atoms with E-state index in [-0.39, 0.29) is 12.1 Å². The largest absolute Gasteiger partial charge is 0.378 e. The zero-order chi connectivity index (χ0) is 12.1. The lowest BCUT2D eigenvalue weighted by molar-refractivity contribution is 0.0528. The fraction of sp³-hybridized carbons (Fsp3) is 0.917. The number of ether oxygens (including phenoxy) is 1. The van der Waals surface area contributed by atoms with Crippen molar-refractivity contribution in [3.8, 4) is 0 Å². The van der Waals surface area contributed by atoms with E-state index in [2.05, 4.69) is 5.32 Å². The van der Waals surface area contributed by atoms with Crippen LogP contribution in [0, 0.1) is 5.92 Å². The molecule has 2 rings (SSSR count). The van der Waals surface area contributed by atoms with E-state index in [9.17, 15) is 4.79 Å². The molecule has 1 aliphatic carbocycles. The lowest BCUT2D eigenvalue weighted by Gasteiger charge is -2.31. The fourth-order valence-corrected chi connectivity index (χ4v) is 2.59. The number of carbonyl (C=O) groups is 1. The summed E-state index contributed by atoms with van der Waals surface area (Å²) < 4.78 is 5.22. The Hall–Kier alpha value is -0.810. The van der Waals surface area contributed by atoms with Crippen LogP contribution in [0.15, 0.2) is 0 Å². The summed E-state index contributed by atoms with van der Waals surface area (Å²) in [6.45, 7) is 3.41. The van der Waals surface area contributed by atoms with E-state index in [4.69, 9.17) is 10.5 Å². The third kappa shape index (κ3) is 3.57. The molecule has 2 unspecified atom stereocenters. The van der Waals surface area contributed by atoms with E-state index >= 15 is 0 Å². The quantitative estimate of drug-likeness (QED) is 0.741. The first kappa shape index (κ1) is 12.6. The minimum absolute atomic E-state index is 0.0334. The molecule has 2 atom stereocenters. The van der Waals surface area contributed by atoms with Crippen LogP contribution >= 0.6 is 0 Å². The van der Waals surface area contributed by atoms with E-state index in [1.165, 1.54) is 12.8 Å². The molecule has 0 bridgehead atoms. The van der Waals surface area contributed by atoms with Gasteiger partial charge in [0.25, 0.3) is 0 Å². The Bertz CT molecular complexity index is 254. The molecule has 2 amide bonds. The summed E-state index contributed by atoms with van der Waals surface area (Å²) in [7, 11) is 0. The molecule has 0 radical (unpaired) electrons. The Kier molecular flexibility index (Phi) is 4.62. The lowest BCUT2D eigenvalue weighted by atomic mass is 9.85. The third-order valence-electron chi connectivity index (χ3n) is 3.78. The van der Waals surface area contributed by atoms with Crippen LogP contribution in [-0.2, 0) is 4.74 Å². The molecular formula is C12H23N3O2. The Morgan fingerprint density at radius 3 is 2.71 bits per heavy atom. The molecule has 1 heterocycles. The van der Waals surface area contributed by atoms with Gasteiger partial charge >= 0.3 is 6.03 Å². The summed E-state index contributed by atoms with van der Waals surface area (Å²) in [4.78, 5) is 13.7. The summed E-state index contributed by atoms with van der Waals surface area (Å²) in [5.74, 6) is 0.453. The first-order valence-corrected chi connectivity index (χ1v) is 6.63. The second-order valence-corrected chi connectivity index (χ2v) is 4.99. The van der Waals surface area contributed by atoms with Gasteiger partial charge in [0.15, 0.2) is 0 Å². The number of carbonyl (C=O) groups excluding carboxylic acids is 1. The SMILES string of the molecule is NC1CCCCC1CNC(=O)N1CCOCC1. The van der Waals surface area contributed by atoms with Crippen LogP contribution in [0.3, 0.4) is 0 Å². The van der Waals surface area contributed by atoms with Gasteiger partial charge in [0.05, 0.1) is 13.2 Å². The van der Waals surface area contributed by atoms with Crippen molar-refractivity contribution in [2.24, 2.45) is 11.7 Å². The molecule has 2 fully saturated rings. The summed E-state index contributed by atoms with van der Waals surface area (Å²) in [5, 5.41) is 3.00. The number of nitrogens with zero attached hydrogens (tertiary/aromatic N) is 1. The monoisotopic (exact) mass is 241 g/mol. The maximum Gasteiger partial charge on any atom is 0.317 e. The molecule has 0 aromatic heterocycles. The number of nitrogens with one attached hydrogen (secondary N) is 1. The number of nitrogens with two attached hydrogens (primary N) is 1. The van der Waals surface area contributed by atoms with Gasteiger partial charge < -0.3 is 20.7 Å². The van der Waals surface area contributed by atoms with Gasteiger partial charge in [-0.15, -0.1) is 0 Å². The number of amides is 2. The molecule has 1 aliphatic heterocycles. The van der Waals surface area contributed by atoms with Crippen molar-refractivity contribution in [1.29, 1.82) is 0 Å². The molecule has 0 aromatic rings. The third-order valence-corrected chi connectivity index (χ3v) is 3.78. The highest BCUT2D eigenvalue weighted by molar-refractivity contribution is 5.74. The number of rotatable bonds is 2. The van der Waals surface area contributed by atoms with Gasteiger partial charge in [0.1, 0.15) is 0 Å². The van der Waals surface area contributed by atoms with Crippen molar-refractivity contribution in [3.63, 3.8) is 0 Å². The van der Waals surface area contributed by atoms with Gasteiger partial charge in [-0.1, -0.05) is 12.8 Å². The van der Waals surface area contributed by atoms with Crippen LogP contribution in [0.2, 0.25) is 0 Å². The van der Waals surface area contributed by atoms with Crippen LogP contribution in [-0.4, -0.2) is 49.8 Å². The van der Waals surface area contributed by atoms with Crippen LogP contribution in [0.25, 0.3) is 0 Å². The predicted molar refractivity (Wildman–Crippen MR) is 65.7 cm³/mol. The van der Waals surface area contributed by atoms with E-state index in [0.29, 0.717) is 32.2 Å². The predicted octanol–water partition coefficient (Wildman–Crippen LogP) is 0.546. The number of urea groups is 1. The summed E-state index contributed by atoms with van der Waals surface area (Å²) >= 11 is 0. The minimum Gasteiger partial charge on any atom is -0.378 e. The molecule has 5 heteroatoms. The van der Waals surface area contributed by atoms with Gasteiger partial charge in [-0.3, -0.25) is 0 Å². The van der Waals surface area contributed by atoms with Crippen LogP contribution < -0.4 is 11.1 Å². The highest BCUT2D eigenvalue weighted by Gasteiger charge is 2.23. The summed E-state index contributed by atoms with van der Waals surface area (Å²) in [5.41, 5.74) is 6.06. The number of morpholine rings is 1. The maximum atomic E-state index is 11.9. The zero-order valence-electron chi connectivity index (χ0n) is 10.4. The standard InChI is InChI=1S/C12H23N3O2/c13-11-4-2-1-3-10(11)9-14-12(16)15-5-7-17-8-6-15/h10-11H,1-9,13H2,(H,14,16). The molecule has 5 nitrogen and oxygen atoms in total. The van der Waals surface area contributed by atoms with Crippen LogP contribution in [0.5, 0.6) is 0 Å². The first-order chi connectivity index (χ1) is 8.27. The van der Waals surface area contributed by atoms with Crippen molar-refractivity contribution < 1.29 is 9.53 Å².